The Labute approximate surface area is 153 Å². The van der Waals surface area contributed by atoms with Gasteiger partial charge in [0.2, 0.25) is 5.91 Å². The van der Waals surface area contributed by atoms with Gasteiger partial charge in [0, 0.05) is 27.8 Å². The summed E-state index contributed by atoms with van der Waals surface area (Å²) in [6.07, 6.45) is 0.703. The molecule has 0 aliphatic carbocycles. The summed E-state index contributed by atoms with van der Waals surface area (Å²) in [7, 11) is 0. The van der Waals surface area contributed by atoms with E-state index in [1.807, 2.05) is 34.7 Å². The van der Waals surface area contributed by atoms with Gasteiger partial charge < -0.3 is 16.0 Å². The maximum Gasteiger partial charge on any atom is 0.241 e. The van der Waals surface area contributed by atoms with Crippen LogP contribution in [0.25, 0.3) is 0 Å². The number of benzene rings is 2. The van der Waals surface area contributed by atoms with E-state index < -0.39 is 5.82 Å². The summed E-state index contributed by atoms with van der Waals surface area (Å²) < 4.78 is 14.7. The van der Waals surface area contributed by atoms with E-state index in [0.29, 0.717) is 6.42 Å². The Bertz CT molecular complexity index is 813. The molecule has 0 bridgehead atoms. The van der Waals surface area contributed by atoms with Crippen molar-refractivity contribution in [1.29, 1.82) is 0 Å². The van der Waals surface area contributed by atoms with Crippen LogP contribution in [0.1, 0.15) is 12.0 Å². The first kappa shape index (κ1) is 15.8. The Balaban J connectivity index is 1.50. The molecule has 1 fully saturated rings. The van der Waals surface area contributed by atoms with Gasteiger partial charge in [-0.15, -0.1) is 0 Å². The molecule has 6 heteroatoms. The molecule has 0 aromatic heterocycles. The molecule has 4 nitrogen and oxygen atoms in total. The lowest BCUT2D eigenvalue weighted by Crippen LogP contribution is -2.35. The number of para-hydroxylation sites is 1. The highest BCUT2D eigenvalue weighted by Gasteiger charge is 2.46. The molecule has 2 aliphatic heterocycles. The smallest absolute Gasteiger partial charge is 0.241 e. The summed E-state index contributed by atoms with van der Waals surface area (Å²) in [6, 6.07) is 12.7. The largest absolute Gasteiger partial charge is 0.384 e. The van der Waals surface area contributed by atoms with Crippen LogP contribution < -0.4 is 16.0 Å². The lowest BCUT2D eigenvalue weighted by molar-refractivity contribution is -0.117. The lowest BCUT2D eigenvalue weighted by Gasteiger charge is -2.22. The maximum absolute atomic E-state index is 13.9. The first-order chi connectivity index (χ1) is 11.6. The first-order valence-corrected chi connectivity index (χ1v) is 8.98. The lowest BCUT2D eigenvalue weighted by atomic mass is 9.80. The molecule has 4 rings (SSSR count). The van der Waals surface area contributed by atoms with Gasteiger partial charge in [0.1, 0.15) is 5.82 Å². The van der Waals surface area contributed by atoms with Gasteiger partial charge in [0.05, 0.1) is 11.7 Å². The zero-order valence-electron chi connectivity index (χ0n) is 12.9. The fraction of sp³-hybridized carbons (Fsp3) is 0.278. The minimum atomic E-state index is -0.407. The molecule has 2 atom stereocenters. The van der Waals surface area contributed by atoms with Crippen molar-refractivity contribution in [2.24, 2.45) is 0 Å². The molecule has 124 valence electrons. The number of carbonyl (C=O) groups is 1. The number of hydrogen-bond donors (Lipinski definition) is 3. The average Bonchev–Trinajstić information content (AvgIpc) is 3.16. The van der Waals surface area contributed by atoms with Crippen molar-refractivity contribution < 1.29 is 9.18 Å². The number of nitrogens with one attached hydrogen (secondary N) is 3. The van der Waals surface area contributed by atoms with Crippen LogP contribution in [-0.4, -0.2) is 25.0 Å². The summed E-state index contributed by atoms with van der Waals surface area (Å²) in [5, 5.41) is 9.44. The highest BCUT2D eigenvalue weighted by Crippen LogP contribution is 2.42. The van der Waals surface area contributed by atoms with E-state index >= 15 is 0 Å². The molecule has 1 spiro atoms. The molecular formula is C18H17FIN3O. The van der Waals surface area contributed by atoms with Gasteiger partial charge in [-0.3, -0.25) is 4.79 Å². The Hall–Kier alpha value is -1.67. The molecule has 2 aromatic rings. The monoisotopic (exact) mass is 437 g/mol. The second-order valence-corrected chi connectivity index (χ2v) is 7.68. The first-order valence-electron chi connectivity index (χ1n) is 7.90. The summed E-state index contributed by atoms with van der Waals surface area (Å²) in [4.78, 5) is 12.5. The molecular weight excluding hydrogens is 420 g/mol. The van der Waals surface area contributed by atoms with Gasteiger partial charge in [-0.05, 0) is 58.8 Å². The third kappa shape index (κ3) is 2.67. The number of fused-ring (bicyclic) bond motifs is 2. The van der Waals surface area contributed by atoms with Crippen molar-refractivity contribution in [2.45, 2.75) is 17.9 Å². The molecule has 0 saturated carbocycles. The van der Waals surface area contributed by atoms with Crippen LogP contribution in [0.5, 0.6) is 0 Å². The van der Waals surface area contributed by atoms with Crippen molar-refractivity contribution in [3.63, 3.8) is 0 Å². The molecule has 2 aromatic carbocycles. The van der Waals surface area contributed by atoms with Crippen LogP contribution in [0, 0.1) is 9.39 Å². The molecule has 2 heterocycles. The number of amides is 1. The topological polar surface area (TPSA) is 53.2 Å². The van der Waals surface area contributed by atoms with Gasteiger partial charge >= 0.3 is 0 Å². The van der Waals surface area contributed by atoms with E-state index in [0.717, 1.165) is 22.3 Å². The van der Waals surface area contributed by atoms with Crippen molar-refractivity contribution in [3.8, 4) is 0 Å². The van der Waals surface area contributed by atoms with Crippen LogP contribution in [0.3, 0.4) is 0 Å². The van der Waals surface area contributed by atoms with Crippen LogP contribution in [-0.2, 0) is 10.2 Å². The number of halogens is 2. The predicted molar refractivity (Wildman–Crippen MR) is 101 cm³/mol. The highest BCUT2D eigenvalue weighted by molar-refractivity contribution is 14.1. The van der Waals surface area contributed by atoms with Gasteiger partial charge in [-0.25, -0.2) is 4.39 Å². The molecule has 2 unspecified atom stereocenters. The van der Waals surface area contributed by atoms with Gasteiger partial charge in [-0.1, -0.05) is 18.2 Å². The molecule has 1 amide bonds. The summed E-state index contributed by atoms with van der Waals surface area (Å²) in [5.74, 6) is -0.591. The molecule has 0 radical (unpaired) electrons. The third-order valence-corrected chi connectivity index (χ3v) is 5.57. The van der Waals surface area contributed by atoms with Gasteiger partial charge in [0.25, 0.3) is 0 Å². The van der Waals surface area contributed by atoms with E-state index in [4.69, 9.17) is 0 Å². The van der Waals surface area contributed by atoms with Crippen molar-refractivity contribution in [2.75, 3.05) is 23.7 Å². The van der Waals surface area contributed by atoms with E-state index in [9.17, 15) is 9.18 Å². The predicted octanol–water partition coefficient (Wildman–Crippen LogP) is 3.09. The summed E-state index contributed by atoms with van der Waals surface area (Å²) in [6.45, 7) is 1.56. The van der Waals surface area contributed by atoms with Gasteiger partial charge in [0.15, 0.2) is 0 Å². The van der Waals surface area contributed by atoms with Crippen LogP contribution in [0.2, 0.25) is 0 Å². The molecule has 24 heavy (non-hydrogen) atoms. The van der Waals surface area contributed by atoms with E-state index in [1.165, 1.54) is 11.6 Å². The summed E-state index contributed by atoms with van der Waals surface area (Å²) >= 11 is 2.04. The van der Waals surface area contributed by atoms with Crippen LogP contribution in [0.15, 0.2) is 42.5 Å². The highest BCUT2D eigenvalue weighted by atomic mass is 127. The fourth-order valence-electron chi connectivity index (χ4n) is 3.65. The number of rotatable bonds is 2. The van der Waals surface area contributed by atoms with E-state index in [-0.39, 0.29) is 23.1 Å². The normalized spacial score (nSPS) is 24.7. The Morgan fingerprint density at radius 1 is 1.25 bits per heavy atom. The molecule has 1 saturated heterocycles. The maximum atomic E-state index is 13.9. The third-order valence-electron chi connectivity index (χ3n) is 4.90. The number of hydrogen-bond acceptors (Lipinski definition) is 3. The van der Waals surface area contributed by atoms with Crippen molar-refractivity contribution >= 4 is 39.9 Å². The fourth-order valence-corrected chi connectivity index (χ4v) is 4.10. The second kappa shape index (κ2) is 6.00. The van der Waals surface area contributed by atoms with Crippen molar-refractivity contribution in [1.82, 2.24) is 5.32 Å². The Morgan fingerprint density at radius 2 is 2.08 bits per heavy atom. The molecule has 3 N–H and O–H groups in total. The average molecular weight is 437 g/mol. The Kier molecular flexibility index (Phi) is 3.96. The standard InChI is InChI=1S/C18H17FIN3O/c19-13-7-11(20)5-6-15(13)23-17(24)16-8-18(10-22-16)9-21-14-4-2-1-3-12(14)18/h1-7,16,21-22H,8-10H2,(H,23,24). The van der Waals surface area contributed by atoms with Crippen molar-refractivity contribution in [3.05, 3.63) is 57.4 Å². The quantitative estimate of drug-likeness (QED) is 0.634. The van der Waals surface area contributed by atoms with Gasteiger partial charge in [-0.2, -0.15) is 0 Å². The molecule has 2 aliphatic rings. The number of carbonyl (C=O) groups excluding carboxylic acids is 1. The van der Waals surface area contributed by atoms with E-state index in [2.05, 4.69) is 28.1 Å². The second-order valence-electron chi connectivity index (χ2n) is 6.43. The Morgan fingerprint density at radius 3 is 2.92 bits per heavy atom. The zero-order valence-corrected chi connectivity index (χ0v) is 15.1. The minimum absolute atomic E-state index is 0.0663. The zero-order chi connectivity index (χ0) is 16.7. The van der Waals surface area contributed by atoms with Crippen LogP contribution in [0.4, 0.5) is 15.8 Å². The minimum Gasteiger partial charge on any atom is -0.384 e. The SMILES string of the molecule is O=C(Nc1ccc(I)cc1F)C1CC2(CNc3ccccc32)CN1. The summed E-state index contributed by atoms with van der Waals surface area (Å²) in [5.41, 5.74) is 2.56. The van der Waals surface area contributed by atoms with E-state index in [1.54, 1.807) is 12.1 Å². The number of anilines is 2. The van der Waals surface area contributed by atoms with Crippen LogP contribution >= 0.6 is 22.6 Å².